The van der Waals surface area contributed by atoms with Crippen LogP contribution in [0.25, 0.3) is 0 Å². The van der Waals surface area contributed by atoms with Gasteiger partial charge in [0.25, 0.3) is 11.8 Å². The number of hydrogen-bond acceptors (Lipinski definition) is 4. The van der Waals surface area contributed by atoms with Gasteiger partial charge in [0, 0.05) is 24.7 Å². The molecule has 136 valence electrons. The van der Waals surface area contributed by atoms with Gasteiger partial charge in [-0.2, -0.15) is 0 Å². The van der Waals surface area contributed by atoms with E-state index in [1.54, 1.807) is 30.0 Å². The third-order valence-corrected chi connectivity index (χ3v) is 4.44. The van der Waals surface area contributed by atoms with Crippen LogP contribution in [0, 0.1) is 6.92 Å². The molecule has 2 N–H and O–H groups in total. The van der Waals surface area contributed by atoms with E-state index in [4.69, 9.17) is 9.52 Å². The molecule has 1 aromatic heterocycles. The number of furan rings is 1. The van der Waals surface area contributed by atoms with Gasteiger partial charge < -0.3 is 19.7 Å². The fourth-order valence-corrected chi connectivity index (χ4v) is 3.09. The van der Waals surface area contributed by atoms with Crippen molar-refractivity contribution in [1.29, 1.82) is 0 Å². The molecular formula is C19H20N2O5. The van der Waals surface area contributed by atoms with Crippen LogP contribution >= 0.6 is 0 Å². The Morgan fingerprint density at radius 2 is 1.85 bits per heavy atom. The van der Waals surface area contributed by atoms with Gasteiger partial charge in [0.2, 0.25) is 0 Å². The minimum absolute atomic E-state index is 0.0584. The van der Waals surface area contributed by atoms with E-state index in [0.717, 1.165) is 0 Å². The van der Waals surface area contributed by atoms with Gasteiger partial charge in [-0.05, 0) is 55.7 Å². The number of carboxylic acid groups (broad SMARTS) is 1. The monoisotopic (exact) mass is 356 g/mol. The van der Waals surface area contributed by atoms with E-state index in [9.17, 15) is 14.4 Å². The second-order valence-electron chi connectivity index (χ2n) is 6.41. The standard InChI is InChI=1S/C19H20N2O5/c1-12-9-13(11-14(10-12)19(24)25)17(22)20-15-4-6-21(7-5-15)18(23)16-3-2-8-26-16/h2-3,8-11,15H,4-7H2,1H3,(H,20,22)(H,24,25). The molecule has 0 saturated carbocycles. The molecule has 1 aliphatic heterocycles. The van der Waals surface area contributed by atoms with Crippen molar-refractivity contribution in [3.8, 4) is 0 Å². The number of amides is 2. The molecule has 2 amide bonds. The predicted molar refractivity (Wildman–Crippen MR) is 93.2 cm³/mol. The fraction of sp³-hybridized carbons (Fsp3) is 0.316. The van der Waals surface area contributed by atoms with E-state index in [2.05, 4.69) is 5.32 Å². The largest absolute Gasteiger partial charge is 0.478 e. The molecule has 2 heterocycles. The second kappa shape index (κ2) is 7.43. The van der Waals surface area contributed by atoms with Gasteiger partial charge in [-0.25, -0.2) is 4.79 Å². The van der Waals surface area contributed by atoms with Crippen LogP contribution in [0.2, 0.25) is 0 Å². The first-order valence-electron chi connectivity index (χ1n) is 8.42. The summed E-state index contributed by atoms with van der Waals surface area (Å²) in [6.45, 7) is 2.80. The van der Waals surface area contributed by atoms with Crippen LogP contribution in [-0.2, 0) is 0 Å². The SMILES string of the molecule is Cc1cc(C(=O)O)cc(C(=O)NC2CCN(C(=O)c3ccco3)CC2)c1. The Morgan fingerprint density at radius 1 is 1.15 bits per heavy atom. The maximum absolute atomic E-state index is 12.4. The van der Waals surface area contributed by atoms with Crippen LogP contribution in [0.15, 0.2) is 41.0 Å². The maximum atomic E-state index is 12.4. The van der Waals surface area contributed by atoms with E-state index < -0.39 is 5.97 Å². The van der Waals surface area contributed by atoms with Crippen molar-refractivity contribution in [2.24, 2.45) is 0 Å². The van der Waals surface area contributed by atoms with Crippen LogP contribution in [0.3, 0.4) is 0 Å². The Labute approximate surface area is 150 Å². The minimum atomic E-state index is -1.06. The van der Waals surface area contributed by atoms with Crippen LogP contribution < -0.4 is 5.32 Å². The van der Waals surface area contributed by atoms with Gasteiger partial charge in [-0.15, -0.1) is 0 Å². The molecule has 1 aliphatic rings. The normalized spacial score (nSPS) is 14.9. The van der Waals surface area contributed by atoms with Crippen molar-refractivity contribution in [1.82, 2.24) is 10.2 Å². The summed E-state index contributed by atoms with van der Waals surface area (Å²) in [4.78, 5) is 37.5. The summed E-state index contributed by atoms with van der Waals surface area (Å²) in [5.41, 5.74) is 1.14. The van der Waals surface area contributed by atoms with Gasteiger partial charge in [0.1, 0.15) is 0 Å². The highest BCUT2D eigenvalue weighted by Crippen LogP contribution is 2.16. The number of aromatic carboxylic acids is 1. The van der Waals surface area contributed by atoms with Gasteiger partial charge in [-0.1, -0.05) is 0 Å². The van der Waals surface area contributed by atoms with Crippen molar-refractivity contribution in [2.45, 2.75) is 25.8 Å². The predicted octanol–water partition coefficient (Wildman–Crippen LogP) is 2.32. The summed E-state index contributed by atoms with van der Waals surface area (Å²) in [7, 11) is 0. The highest BCUT2D eigenvalue weighted by atomic mass is 16.4. The zero-order valence-electron chi connectivity index (χ0n) is 14.4. The van der Waals surface area contributed by atoms with E-state index in [1.165, 1.54) is 18.4 Å². The molecule has 1 saturated heterocycles. The maximum Gasteiger partial charge on any atom is 0.335 e. The van der Waals surface area contributed by atoms with Crippen LogP contribution in [-0.4, -0.2) is 46.9 Å². The Balaban J connectivity index is 1.58. The van der Waals surface area contributed by atoms with Crippen molar-refractivity contribution in [3.05, 3.63) is 59.0 Å². The highest BCUT2D eigenvalue weighted by molar-refractivity contribution is 5.98. The number of carboxylic acids is 1. The summed E-state index contributed by atoms with van der Waals surface area (Å²) in [6.07, 6.45) is 2.74. The molecule has 1 fully saturated rings. The lowest BCUT2D eigenvalue weighted by Gasteiger charge is -2.31. The quantitative estimate of drug-likeness (QED) is 0.876. The van der Waals surface area contributed by atoms with Crippen molar-refractivity contribution in [3.63, 3.8) is 0 Å². The number of benzene rings is 1. The Hall–Kier alpha value is -3.09. The lowest BCUT2D eigenvalue weighted by Crippen LogP contribution is -2.46. The van der Waals surface area contributed by atoms with Gasteiger partial charge >= 0.3 is 5.97 Å². The van der Waals surface area contributed by atoms with E-state index in [-0.39, 0.29) is 23.4 Å². The second-order valence-corrected chi connectivity index (χ2v) is 6.41. The lowest BCUT2D eigenvalue weighted by molar-refractivity contribution is 0.0665. The summed E-state index contributed by atoms with van der Waals surface area (Å²) in [6, 6.07) is 7.81. The summed E-state index contributed by atoms with van der Waals surface area (Å²) < 4.78 is 5.13. The van der Waals surface area contributed by atoms with E-state index >= 15 is 0 Å². The first-order valence-corrected chi connectivity index (χ1v) is 8.42. The Bertz CT molecular complexity index is 820. The van der Waals surface area contributed by atoms with Crippen LogP contribution in [0.4, 0.5) is 0 Å². The fourth-order valence-electron chi connectivity index (χ4n) is 3.09. The van der Waals surface area contributed by atoms with Crippen molar-refractivity contribution < 1.29 is 23.9 Å². The molecule has 0 atom stereocenters. The number of carbonyl (C=O) groups excluding carboxylic acids is 2. The van der Waals surface area contributed by atoms with Crippen molar-refractivity contribution >= 4 is 17.8 Å². The van der Waals surface area contributed by atoms with Crippen LogP contribution in [0.5, 0.6) is 0 Å². The first kappa shape index (κ1) is 17.7. The number of likely N-dealkylation sites (tertiary alicyclic amines) is 1. The Kier molecular flexibility index (Phi) is 5.06. The molecule has 3 rings (SSSR count). The molecule has 1 aromatic carbocycles. The van der Waals surface area contributed by atoms with Crippen molar-refractivity contribution in [2.75, 3.05) is 13.1 Å². The third-order valence-electron chi connectivity index (χ3n) is 4.44. The lowest BCUT2D eigenvalue weighted by atomic mass is 10.0. The number of piperidine rings is 1. The minimum Gasteiger partial charge on any atom is -0.478 e. The van der Waals surface area contributed by atoms with Crippen LogP contribution in [0.1, 0.15) is 49.7 Å². The highest BCUT2D eigenvalue weighted by Gasteiger charge is 2.26. The summed E-state index contributed by atoms with van der Waals surface area (Å²) >= 11 is 0. The molecule has 0 aliphatic carbocycles. The van der Waals surface area contributed by atoms with Gasteiger partial charge in [0.15, 0.2) is 5.76 Å². The van der Waals surface area contributed by atoms with E-state index in [1.807, 2.05) is 0 Å². The smallest absolute Gasteiger partial charge is 0.335 e. The molecule has 0 unspecified atom stereocenters. The number of carbonyl (C=O) groups is 3. The molecule has 0 spiro atoms. The van der Waals surface area contributed by atoms with Gasteiger partial charge in [-0.3, -0.25) is 9.59 Å². The molecule has 7 nitrogen and oxygen atoms in total. The molecule has 26 heavy (non-hydrogen) atoms. The van der Waals surface area contributed by atoms with E-state index in [0.29, 0.717) is 42.8 Å². The number of rotatable bonds is 4. The zero-order chi connectivity index (χ0) is 18.7. The molecule has 0 radical (unpaired) electrons. The topological polar surface area (TPSA) is 99.8 Å². The molecule has 0 bridgehead atoms. The average molecular weight is 356 g/mol. The average Bonchev–Trinajstić information content (AvgIpc) is 3.16. The summed E-state index contributed by atoms with van der Waals surface area (Å²) in [5, 5.41) is 12.0. The first-order chi connectivity index (χ1) is 12.4. The molecule has 7 heteroatoms. The molecular weight excluding hydrogens is 336 g/mol. The zero-order valence-corrected chi connectivity index (χ0v) is 14.4. The number of hydrogen-bond donors (Lipinski definition) is 2. The third kappa shape index (κ3) is 3.93. The number of aryl methyl sites for hydroxylation is 1. The number of nitrogens with zero attached hydrogens (tertiary/aromatic N) is 1. The number of nitrogens with one attached hydrogen (secondary N) is 1. The molecule has 2 aromatic rings. The summed E-state index contributed by atoms with van der Waals surface area (Å²) in [5.74, 6) is -1.20. The van der Waals surface area contributed by atoms with Gasteiger partial charge in [0.05, 0.1) is 11.8 Å². The Morgan fingerprint density at radius 3 is 2.46 bits per heavy atom.